The highest BCUT2D eigenvalue weighted by Gasteiger charge is 2.29. The van der Waals surface area contributed by atoms with Gasteiger partial charge in [0, 0.05) is 6.42 Å². The van der Waals surface area contributed by atoms with Crippen LogP contribution in [0.15, 0.2) is 0 Å². The summed E-state index contributed by atoms with van der Waals surface area (Å²) in [6, 6.07) is 0. The molecule has 50 heavy (non-hydrogen) atoms. The van der Waals surface area contributed by atoms with Gasteiger partial charge in [0.05, 0.1) is 24.0 Å². The van der Waals surface area contributed by atoms with Gasteiger partial charge in [-0.15, -0.1) is 0 Å². The highest BCUT2D eigenvalue weighted by Crippen LogP contribution is 2.28. The minimum absolute atomic E-state index is 0.0180. The zero-order chi connectivity index (χ0) is 37.5. The quantitative estimate of drug-likeness (QED) is 0.0368. The van der Waals surface area contributed by atoms with E-state index in [4.69, 9.17) is 14.2 Å². The zero-order valence-electron chi connectivity index (χ0n) is 34.5. The largest absolute Gasteiger partial charge is 0.465 e. The monoisotopic (exact) mass is 710 g/mol. The lowest BCUT2D eigenvalue weighted by molar-refractivity contribution is -0.155. The van der Waals surface area contributed by atoms with Gasteiger partial charge >= 0.3 is 17.9 Å². The third kappa shape index (κ3) is 28.0. The van der Waals surface area contributed by atoms with E-state index < -0.39 is 10.8 Å². The maximum Gasteiger partial charge on any atom is 0.311 e. The Morgan fingerprint density at radius 1 is 0.520 bits per heavy atom. The van der Waals surface area contributed by atoms with E-state index in [1.807, 2.05) is 41.8 Å². The average molecular weight is 710 g/mol. The van der Waals surface area contributed by atoms with Crippen molar-refractivity contribution in [2.45, 2.75) is 215 Å². The number of hydrogen-bond acceptors (Lipinski definition) is 7. The summed E-state index contributed by atoms with van der Waals surface area (Å²) in [5, 5.41) is 0. The molecule has 0 rings (SSSR count). The molecule has 0 atom stereocenters. The third-order valence-electron chi connectivity index (χ3n) is 10.0. The second kappa shape index (κ2) is 30.9. The Morgan fingerprint density at radius 2 is 0.900 bits per heavy atom. The van der Waals surface area contributed by atoms with Crippen molar-refractivity contribution < 1.29 is 28.6 Å². The number of carbonyl (C=O) groups is 3. The SMILES string of the molecule is CCCCCCOC(=O)C(C)(C)CCCCCCCCC(CCCCCCCCC(C)(C)C(=O)OCCCCCC)OC(=O)CCCN(C)C. The van der Waals surface area contributed by atoms with Crippen molar-refractivity contribution in [3.05, 3.63) is 0 Å². The van der Waals surface area contributed by atoms with E-state index in [2.05, 4.69) is 18.7 Å². The molecular weight excluding hydrogens is 626 g/mol. The van der Waals surface area contributed by atoms with Gasteiger partial charge in [0.15, 0.2) is 0 Å². The van der Waals surface area contributed by atoms with Gasteiger partial charge in [0.1, 0.15) is 6.10 Å². The molecule has 0 bridgehead atoms. The molecule has 296 valence electrons. The van der Waals surface area contributed by atoms with E-state index in [1.54, 1.807) is 0 Å². The van der Waals surface area contributed by atoms with Crippen molar-refractivity contribution in [1.82, 2.24) is 4.90 Å². The molecule has 0 amide bonds. The Morgan fingerprint density at radius 3 is 1.30 bits per heavy atom. The van der Waals surface area contributed by atoms with Gasteiger partial charge in [-0.05, 0) is 106 Å². The first-order valence-electron chi connectivity index (χ1n) is 21.0. The molecule has 0 aliphatic carbocycles. The molecular formula is C43H83NO6. The highest BCUT2D eigenvalue weighted by atomic mass is 16.5. The number of carbonyl (C=O) groups excluding carboxylic acids is 3. The average Bonchev–Trinajstić information content (AvgIpc) is 3.06. The first-order chi connectivity index (χ1) is 23.9. The van der Waals surface area contributed by atoms with E-state index in [9.17, 15) is 14.4 Å². The van der Waals surface area contributed by atoms with Crippen LogP contribution in [-0.2, 0) is 28.6 Å². The van der Waals surface area contributed by atoms with Gasteiger partial charge in [-0.2, -0.15) is 0 Å². The molecule has 0 fully saturated rings. The van der Waals surface area contributed by atoms with Gasteiger partial charge in [0.2, 0.25) is 0 Å². The summed E-state index contributed by atoms with van der Waals surface area (Å²) in [6.45, 7) is 14.4. The summed E-state index contributed by atoms with van der Waals surface area (Å²) < 4.78 is 17.1. The molecule has 0 aromatic rings. The molecule has 7 heteroatoms. The lowest BCUT2D eigenvalue weighted by Gasteiger charge is -2.22. The fraction of sp³-hybridized carbons (Fsp3) is 0.930. The summed E-state index contributed by atoms with van der Waals surface area (Å²) in [5.41, 5.74) is -0.817. The molecule has 0 saturated heterocycles. The minimum atomic E-state index is -0.409. The molecule has 0 unspecified atom stereocenters. The van der Waals surface area contributed by atoms with Crippen LogP contribution >= 0.6 is 0 Å². The number of hydrogen-bond donors (Lipinski definition) is 0. The van der Waals surface area contributed by atoms with E-state index >= 15 is 0 Å². The van der Waals surface area contributed by atoms with Crippen LogP contribution in [-0.4, -0.2) is 62.8 Å². The summed E-state index contributed by atoms with van der Waals surface area (Å²) in [6.07, 6.45) is 27.5. The van der Waals surface area contributed by atoms with Gasteiger partial charge in [-0.3, -0.25) is 14.4 Å². The van der Waals surface area contributed by atoms with Crippen molar-refractivity contribution in [1.29, 1.82) is 0 Å². The minimum Gasteiger partial charge on any atom is -0.465 e. The summed E-state index contributed by atoms with van der Waals surface area (Å²) in [4.78, 5) is 39.7. The number of ether oxygens (including phenoxy) is 3. The Hall–Kier alpha value is -1.63. The predicted octanol–water partition coefficient (Wildman–Crippen LogP) is 11.8. The fourth-order valence-electron chi connectivity index (χ4n) is 6.32. The van der Waals surface area contributed by atoms with Crippen molar-refractivity contribution in [3.63, 3.8) is 0 Å². The Kier molecular flexibility index (Phi) is 29.9. The summed E-state index contributed by atoms with van der Waals surface area (Å²) >= 11 is 0. The lowest BCUT2D eigenvalue weighted by atomic mass is 9.87. The van der Waals surface area contributed by atoms with Gasteiger partial charge in [-0.25, -0.2) is 0 Å². The van der Waals surface area contributed by atoms with Crippen LogP contribution in [0.3, 0.4) is 0 Å². The lowest BCUT2D eigenvalue weighted by Crippen LogP contribution is -2.27. The maximum atomic E-state index is 12.6. The Balaban J connectivity index is 4.32. The zero-order valence-corrected chi connectivity index (χ0v) is 34.5. The molecule has 0 aliphatic heterocycles. The van der Waals surface area contributed by atoms with E-state index in [0.29, 0.717) is 19.6 Å². The fourth-order valence-corrected chi connectivity index (χ4v) is 6.32. The predicted molar refractivity (Wildman–Crippen MR) is 209 cm³/mol. The molecule has 0 spiro atoms. The number of unbranched alkanes of at least 4 members (excludes halogenated alkanes) is 16. The Labute approximate surface area is 310 Å². The van der Waals surface area contributed by atoms with Crippen LogP contribution in [0.25, 0.3) is 0 Å². The highest BCUT2D eigenvalue weighted by molar-refractivity contribution is 5.76. The third-order valence-corrected chi connectivity index (χ3v) is 10.0. The van der Waals surface area contributed by atoms with E-state index in [0.717, 1.165) is 116 Å². The normalized spacial score (nSPS) is 12.1. The molecule has 0 N–H and O–H groups in total. The molecule has 0 aromatic carbocycles. The smallest absolute Gasteiger partial charge is 0.311 e. The van der Waals surface area contributed by atoms with Crippen LogP contribution < -0.4 is 0 Å². The van der Waals surface area contributed by atoms with Gasteiger partial charge in [-0.1, -0.05) is 117 Å². The summed E-state index contributed by atoms with van der Waals surface area (Å²) in [5.74, 6) is -0.161. The van der Waals surface area contributed by atoms with Crippen LogP contribution in [0.5, 0.6) is 0 Å². The molecule has 0 aliphatic rings. The van der Waals surface area contributed by atoms with E-state index in [1.165, 1.54) is 51.4 Å². The molecule has 0 aromatic heterocycles. The summed E-state index contributed by atoms with van der Waals surface area (Å²) in [7, 11) is 4.06. The van der Waals surface area contributed by atoms with E-state index in [-0.39, 0.29) is 24.0 Å². The number of nitrogens with zero attached hydrogens (tertiary/aromatic N) is 1. The Bertz CT molecular complexity index is 785. The molecule has 7 nitrogen and oxygen atoms in total. The number of esters is 3. The molecule has 0 radical (unpaired) electrons. The van der Waals surface area contributed by atoms with Crippen LogP contribution in [0.2, 0.25) is 0 Å². The topological polar surface area (TPSA) is 82.1 Å². The van der Waals surface area contributed by atoms with Crippen molar-refractivity contribution >= 4 is 17.9 Å². The van der Waals surface area contributed by atoms with Crippen LogP contribution in [0, 0.1) is 10.8 Å². The van der Waals surface area contributed by atoms with Crippen molar-refractivity contribution in [3.8, 4) is 0 Å². The number of rotatable bonds is 35. The maximum absolute atomic E-state index is 12.6. The first-order valence-corrected chi connectivity index (χ1v) is 21.0. The first kappa shape index (κ1) is 48.4. The molecule has 0 heterocycles. The second-order valence-corrected chi connectivity index (χ2v) is 16.5. The van der Waals surface area contributed by atoms with Gasteiger partial charge in [0.25, 0.3) is 0 Å². The van der Waals surface area contributed by atoms with Crippen LogP contribution in [0.1, 0.15) is 208 Å². The van der Waals surface area contributed by atoms with Crippen molar-refractivity contribution in [2.75, 3.05) is 33.9 Å². The second-order valence-electron chi connectivity index (χ2n) is 16.5. The molecule has 0 saturated carbocycles. The standard InChI is InChI=1S/C43H83NO6/c1-9-11-13-27-36-48-40(46)42(3,4)33-25-21-17-15-19-23-30-38(50-39(45)32-29-35-44(7)8)31-24-20-16-18-22-26-34-43(5,6)41(47)49-37-28-14-12-10-2/h38H,9-37H2,1-8H3. The van der Waals surface area contributed by atoms with Gasteiger partial charge < -0.3 is 19.1 Å². The van der Waals surface area contributed by atoms with Crippen molar-refractivity contribution in [2.24, 2.45) is 10.8 Å². The van der Waals surface area contributed by atoms with Crippen LogP contribution in [0.4, 0.5) is 0 Å².